The maximum Gasteiger partial charge on any atom is 0.166 e. The Morgan fingerprint density at radius 1 is 1.24 bits per heavy atom. The molecule has 3 nitrogen and oxygen atoms in total. The Morgan fingerprint density at radius 3 is 2.76 bits per heavy atom. The third-order valence-corrected chi connectivity index (χ3v) is 3.29. The zero-order valence-electron chi connectivity index (χ0n) is 9.68. The second kappa shape index (κ2) is 5.70. The minimum Gasteiger partial charge on any atom is -0.493 e. The maximum atomic E-state index is 5.80. The van der Waals surface area contributed by atoms with Gasteiger partial charge in [-0.1, -0.05) is 18.2 Å². The lowest BCUT2D eigenvalue weighted by Gasteiger charge is -2.13. The van der Waals surface area contributed by atoms with Crippen LogP contribution in [0, 0.1) is 0 Å². The number of hydrogen-bond acceptors (Lipinski definition) is 4. The molecule has 0 aliphatic carbocycles. The normalized spacial score (nSPS) is 10.2. The number of benzene rings is 1. The smallest absolute Gasteiger partial charge is 0.166 e. The lowest BCUT2D eigenvalue weighted by Crippen LogP contribution is -2.03. The molecule has 17 heavy (non-hydrogen) atoms. The average molecular weight is 249 g/mol. The van der Waals surface area contributed by atoms with Gasteiger partial charge in [-0.2, -0.15) is 0 Å². The fourth-order valence-corrected chi connectivity index (χ4v) is 2.20. The van der Waals surface area contributed by atoms with Crippen LogP contribution in [-0.4, -0.2) is 7.11 Å². The molecule has 90 valence electrons. The number of nitrogens with two attached hydrogens (primary N) is 1. The van der Waals surface area contributed by atoms with Crippen LogP contribution in [0.15, 0.2) is 35.7 Å². The highest BCUT2D eigenvalue weighted by molar-refractivity contribution is 7.09. The molecule has 2 rings (SSSR count). The molecule has 1 aromatic heterocycles. The third-order valence-electron chi connectivity index (χ3n) is 2.44. The predicted octanol–water partition coefficient (Wildman–Crippen LogP) is 2.79. The van der Waals surface area contributed by atoms with Gasteiger partial charge in [0, 0.05) is 17.0 Å². The molecule has 2 N–H and O–H groups in total. The molecule has 0 aliphatic rings. The Bertz CT molecular complexity index is 446. The second-order valence-corrected chi connectivity index (χ2v) is 4.55. The van der Waals surface area contributed by atoms with Crippen LogP contribution in [0.2, 0.25) is 0 Å². The highest BCUT2D eigenvalue weighted by Crippen LogP contribution is 2.31. The van der Waals surface area contributed by atoms with E-state index in [9.17, 15) is 0 Å². The van der Waals surface area contributed by atoms with E-state index in [4.69, 9.17) is 15.2 Å². The first-order valence-electron chi connectivity index (χ1n) is 5.36. The number of para-hydroxylation sites is 1. The van der Waals surface area contributed by atoms with Crippen molar-refractivity contribution in [2.75, 3.05) is 7.11 Å². The molecule has 0 saturated carbocycles. The maximum absolute atomic E-state index is 5.80. The molecule has 0 bridgehead atoms. The van der Waals surface area contributed by atoms with Crippen LogP contribution in [0.3, 0.4) is 0 Å². The molecule has 4 heteroatoms. The van der Waals surface area contributed by atoms with Gasteiger partial charge in [-0.15, -0.1) is 11.3 Å². The third kappa shape index (κ3) is 2.78. The fraction of sp³-hybridized carbons (Fsp3) is 0.231. The molecule has 1 aromatic carbocycles. The van der Waals surface area contributed by atoms with Crippen LogP contribution in [0.1, 0.15) is 10.4 Å². The first-order chi connectivity index (χ1) is 8.35. The van der Waals surface area contributed by atoms with Gasteiger partial charge in [0.1, 0.15) is 6.61 Å². The van der Waals surface area contributed by atoms with E-state index in [0.29, 0.717) is 13.2 Å². The Kier molecular flexibility index (Phi) is 4.01. The minimum atomic E-state index is 0.441. The van der Waals surface area contributed by atoms with Crippen molar-refractivity contribution < 1.29 is 9.47 Å². The van der Waals surface area contributed by atoms with Crippen molar-refractivity contribution in [3.63, 3.8) is 0 Å². The first-order valence-corrected chi connectivity index (χ1v) is 6.24. The summed E-state index contributed by atoms with van der Waals surface area (Å²) in [4.78, 5) is 1.18. The number of methoxy groups -OCH3 is 1. The van der Waals surface area contributed by atoms with Gasteiger partial charge in [0.05, 0.1) is 7.11 Å². The standard InChI is InChI=1S/C13H15NO2S/c1-15-12-6-2-4-10(8-14)13(12)16-9-11-5-3-7-17-11/h2-7H,8-9,14H2,1H3. The minimum absolute atomic E-state index is 0.441. The van der Waals surface area contributed by atoms with Crippen LogP contribution in [0.4, 0.5) is 0 Å². The van der Waals surface area contributed by atoms with Crippen LogP contribution in [0.5, 0.6) is 11.5 Å². The van der Waals surface area contributed by atoms with Crippen LogP contribution in [-0.2, 0) is 13.2 Å². The van der Waals surface area contributed by atoms with E-state index in [-0.39, 0.29) is 0 Å². The molecule has 0 saturated heterocycles. The monoisotopic (exact) mass is 249 g/mol. The summed E-state index contributed by atoms with van der Waals surface area (Å²) in [5, 5.41) is 2.03. The molecule has 1 heterocycles. The van der Waals surface area contributed by atoms with Crippen LogP contribution < -0.4 is 15.2 Å². The fourth-order valence-electron chi connectivity index (χ4n) is 1.58. The number of rotatable bonds is 5. The van der Waals surface area contributed by atoms with Crippen LogP contribution >= 0.6 is 11.3 Å². The van der Waals surface area contributed by atoms with Crippen molar-refractivity contribution in [2.45, 2.75) is 13.2 Å². The second-order valence-electron chi connectivity index (χ2n) is 3.52. The van der Waals surface area contributed by atoms with E-state index < -0.39 is 0 Å². The quantitative estimate of drug-likeness (QED) is 0.886. The highest BCUT2D eigenvalue weighted by Gasteiger charge is 2.09. The Morgan fingerprint density at radius 2 is 2.12 bits per heavy atom. The predicted molar refractivity (Wildman–Crippen MR) is 69.5 cm³/mol. The average Bonchev–Trinajstić information content (AvgIpc) is 2.88. The van der Waals surface area contributed by atoms with E-state index in [2.05, 4.69) is 0 Å². The van der Waals surface area contributed by atoms with Crippen molar-refractivity contribution in [1.29, 1.82) is 0 Å². The van der Waals surface area contributed by atoms with Gasteiger partial charge in [-0.25, -0.2) is 0 Å². The van der Waals surface area contributed by atoms with E-state index >= 15 is 0 Å². The number of thiophene rings is 1. The summed E-state index contributed by atoms with van der Waals surface area (Å²) in [5.74, 6) is 1.47. The molecule has 0 spiro atoms. The summed E-state index contributed by atoms with van der Waals surface area (Å²) >= 11 is 1.67. The van der Waals surface area contributed by atoms with E-state index in [0.717, 1.165) is 17.1 Å². The summed E-state index contributed by atoms with van der Waals surface area (Å²) in [6.45, 7) is 0.988. The Labute approximate surface area is 105 Å². The topological polar surface area (TPSA) is 44.5 Å². The number of hydrogen-bond donors (Lipinski definition) is 1. The van der Waals surface area contributed by atoms with Crippen molar-refractivity contribution in [2.24, 2.45) is 5.73 Å². The lowest BCUT2D eigenvalue weighted by atomic mass is 10.2. The summed E-state index contributed by atoms with van der Waals surface area (Å²) in [6, 6.07) is 9.80. The van der Waals surface area contributed by atoms with Crippen molar-refractivity contribution >= 4 is 11.3 Å². The molecule has 0 atom stereocenters. The highest BCUT2D eigenvalue weighted by atomic mass is 32.1. The van der Waals surface area contributed by atoms with Crippen molar-refractivity contribution in [1.82, 2.24) is 0 Å². The molecule has 0 radical (unpaired) electrons. The van der Waals surface area contributed by atoms with Crippen LogP contribution in [0.25, 0.3) is 0 Å². The van der Waals surface area contributed by atoms with Gasteiger partial charge in [0.15, 0.2) is 11.5 Å². The van der Waals surface area contributed by atoms with E-state index in [1.807, 2.05) is 35.7 Å². The number of ether oxygens (including phenoxy) is 2. The zero-order valence-corrected chi connectivity index (χ0v) is 10.5. The summed E-state index contributed by atoms with van der Waals surface area (Å²) in [7, 11) is 1.63. The van der Waals surface area contributed by atoms with Crippen molar-refractivity contribution in [3.05, 3.63) is 46.2 Å². The van der Waals surface area contributed by atoms with Gasteiger partial charge >= 0.3 is 0 Å². The van der Waals surface area contributed by atoms with Gasteiger partial charge in [0.2, 0.25) is 0 Å². The SMILES string of the molecule is COc1cccc(CN)c1OCc1cccs1. The Hall–Kier alpha value is -1.52. The molecular formula is C13H15NO2S. The summed E-state index contributed by atoms with van der Waals surface area (Å²) in [6.07, 6.45) is 0. The van der Waals surface area contributed by atoms with Crippen molar-refractivity contribution in [3.8, 4) is 11.5 Å². The van der Waals surface area contributed by atoms with Gasteiger partial charge < -0.3 is 15.2 Å². The Balaban J connectivity index is 2.18. The van der Waals surface area contributed by atoms with E-state index in [1.165, 1.54) is 4.88 Å². The molecule has 0 fully saturated rings. The molecular weight excluding hydrogens is 234 g/mol. The van der Waals surface area contributed by atoms with Gasteiger partial charge in [-0.05, 0) is 17.5 Å². The molecule has 0 unspecified atom stereocenters. The van der Waals surface area contributed by atoms with Gasteiger partial charge in [0.25, 0.3) is 0 Å². The first kappa shape index (κ1) is 12.0. The lowest BCUT2D eigenvalue weighted by molar-refractivity contribution is 0.284. The van der Waals surface area contributed by atoms with Gasteiger partial charge in [-0.3, -0.25) is 0 Å². The molecule has 2 aromatic rings. The summed E-state index contributed by atoms with van der Waals surface area (Å²) < 4.78 is 11.1. The largest absolute Gasteiger partial charge is 0.493 e. The van der Waals surface area contributed by atoms with E-state index in [1.54, 1.807) is 18.4 Å². The summed E-state index contributed by atoms with van der Waals surface area (Å²) in [5.41, 5.74) is 6.65. The molecule has 0 aliphatic heterocycles. The zero-order chi connectivity index (χ0) is 12.1. The molecule has 0 amide bonds.